The fraction of sp³-hybridized carbons (Fsp3) is 0.400. The minimum absolute atomic E-state index is 0.0550. The Labute approximate surface area is 86.5 Å². The second-order valence-electron chi connectivity index (χ2n) is 3.61. The normalized spacial score (nSPS) is 10.5. The lowest BCUT2D eigenvalue weighted by Crippen LogP contribution is -2.27. The second-order valence-corrected chi connectivity index (χ2v) is 3.61. The molecule has 1 heterocycles. The third kappa shape index (κ3) is 3.61. The second kappa shape index (κ2) is 4.82. The topological polar surface area (TPSA) is 42.0 Å². The number of nitrogens with one attached hydrogen (secondary N) is 1. The van der Waals surface area contributed by atoms with Crippen molar-refractivity contribution in [2.45, 2.75) is 13.8 Å². The number of hydrogen-bond donors (Lipinski definition) is 1. The van der Waals surface area contributed by atoms with Crippen molar-refractivity contribution in [1.29, 1.82) is 0 Å². The predicted octanol–water partition coefficient (Wildman–Crippen LogP) is 1.75. The fourth-order valence-corrected chi connectivity index (χ4v) is 0.995. The van der Waals surface area contributed by atoms with E-state index in [0.717, 1.165) is 12.1 Å². The van der Waals surface area contributed by atoms with Crippen molar-refractivity contribution in [1.82, 2.24) is 10.3 Å². The van der Waals surface area contributed by atoms with Crippen molar-refractivity contribution >= 4 is 5.91 Å². The Morgan fingerprint density at radius 3 is 2.40 bits per heavy atom. The summed E-state index contributed by atoms with van der Waals surface area (Å²) in [7, 11) is 0. The first-order chi connectivity index (χ1) is 6.99. The molecule has 0 aromatic carbocycles. The first-order valence-corrected chi connectivity index (χ1v) is 4.60. The van der Waals surface area contributed by atoms with E-state index in [1.54, 1.807) is 0 Å². The van der Waals surface area contributed by atoms with Gasteiger partial charge in [-0.2, -0.15) is 13.8 Å². The molecule has 0 unspecified atom stereocenters. The number of halogens is 2. The van der Waals surface area contributed by atoms with Crippen LogP contribution in [0.5, 0.6) is 0 Å². The van der Waals surface area contributed by atoms with Crippen LogP contribution >= 0.6 is 0 Å². The SMILES string of the molecule is CC(C)CNC(=O)c1cc(F)nc(F)c1. The first kappa shape index (κ1) is 11.6. The molecule has 1 aromatic heterocycles. The van der Waals surface area contributed by atoms with Crippen LogP contribution in [-0.2, 0) is 0 Å². The smallest absolute Gasteiger partial charge is 0.251 e. The Morgan fingerprint density at radius 1 is 1.40 bits per heavy atom. The molecule has 0 aliphatic heterocycles. The number of nitrogens with zero attached hydrogens (tertiary/aromatic N) is 1. The third-order valence-electron chi connectivity index (χ3n) is 1.70. The molecule has 1 rings (SSSR count). The molecule has 1 amide bonds. The van der Waals surface area contributed by atoms with E-state index in [1.165, 1.54) is 0 Å². The molecule has 0 bridgehead atoms. The Morgan fingerprint density at radius 2 is 1.93 bits per heavy atom. The van der Waals surface area contributed by atoms with E-state index in [4.69, 9.17) is 0 Å². The van der Waals surface area contributed by atoms with Crippen molar-refractivity contribution in [3.05, 3.63) is 29.6 Å². The van der Waals surface area contributed by atoms with Crippen LogP contribution in [0.25, 0.3) is 0 Å². The van der Waals surface area contributed by atoms with Gasteiger partial charge in [0, 0.05) is 24.2 Å². The lowest BCUT2D eigenvalue weighted by atomic mass is 10.2. The van der Waals surface area contributed by atoms with Crippen LogP contribution in [0, 0.1) is 17.8 Å². The molecule has 0 aliphatic rings. The monoisotopic (exact) mass is 214 g/mol. The number of carbonyl (C=O) groups is 1. The van der Waals surface area contributed by atoms with Crippen molar-refractivity contribution in [3.8, 4) is 0 Å². The Bertz CT molecular complexity index is 346. The molecule has 0 fully saturated rings. The number of rotatable bonds is 3. The number of aromatic nitrogens is 1. The van der Waals surface area contributed by atoms with E-state index in [2.05, 4.69) is 10.3 Å². The van der Waals surface area contributed by atoms with E-state index in [-0.39, 0.29) is 11.5 Å². The maximum Gasteiger partial charge on any atom is 0.251 e. The van der Waals surface area contributed by atoms with Gasteiger partial charge in [-0.05, 0) is 5.92 Å². The summed E-state index contributed by atoms with van der Waals surface area (Å²) in [6.07, 6.45) is 0. The van der Waals surface area contributed by atoms with Gasteiger partial charge in [0.05, 0.1) is 0 Å². The molecule has 15 heavy (non-hydrogen) atoms. The predicted molar refractivity (Wildman–Crippen MR) is 51.3 cm³/mol. The highest BCUT2D eigenvalue weighted by Crippen LogP contribution is 2.04. The lowest BCUT2D eigenvalue weighted by Gasteiger charge is -2.07. The molecule has 1 N–H and O–H groups in total. The molecule has 0 aliphatic carbocycles. The van der Waals surface area contributed by atoms with Gasteiger partial charge in [0.15, 0.2) is 0 Å². The maximum atomic E-state index is 12.7. The minimum atomic E-state index is -0.996. The van der Waals surface area contributed by atoms with Crippen LogP contribution < -0.4 is 5.32 Å². The third-order valence-corrected chi connectivity index (χ3v) is 1.70. The highest BCUT2D eigenvalue weighted by atomic mass is 19.1. The quantitative estimate of drug-likeness (QED) is 0.779. The summed E-state index contributed by atoms with van der Waals surface area (Å²) in [5.74, 6) is -2.20. The molecule has 5 heteroatoms. The van der Waals surface area contributed by atoms with Gasteiger partial charge in [0.25, 0.3) is 5.91 Å². The van der Waals surface area contributed by atoms with Crippen LogP contribution in [0.2, 0.25) is 0 Å². The number of amides is 1. The minimum Gasteiger partial charge on any atom is -0.352 e. The highest BCUT2D eigenvalue weighted by Gasteiger charge is 2.09. The van der Waals surface area contributed by atoms with Crippen LogP contribution in [0.4, 0.5) is 8.78 Å². The van der Waals surface area contributed by atoms with Crippen molar-refractivity contribution < 1.29 is 13.6 Å². The average molecular weight is 214 g/mol. The summed E-state index contributed by atoms with van der Waals surface area (Å²) >= 11 is 0. The molecular weight excluding hydrogens is 202 g/mol. The van der Waals surface area contributed by atoms with Crippen LogP contribution in [0.1, 0.15) is 24.2 Å². The highest BCUT2D eigenvalue weighted by molar-refractivity contribution is 5.94. The van der Waals surface area contributed by atoms with E-state index < -0.39 is 17.8 Å². The van der Waals surface area contributed by atoms with Gasteiger partial charge < -0.3 is 5.32 Å². The van der Waals surface area contributed by atoms with E-state index >= 15 is 0 Å². The van der Waals surface area contributed by atoms with Gasteiger partial charge in [-0.3, -0.25) is 4.79 Å². The molecule has 3 nitrogen and oxygen atoms in total. The zero-order valence-corrected chi connectivity index (χ0v) is 8.55. The molecule has 82 valence electrons. The molecule has 1 aromatic rings. The summed E-state index contributed by atoms with van der Waals surface area (Å²) in [4.78, 5) is 14.3. The largest absolute Gasteiger partial charge is 0.352 e. The summed E-state index contributed by atoms with van der Waals surface area (Å²) in [5, 5.41) is 2.55. The molecule has 0 spiro atoms. The van der Waals surface area contributed by atoms with Gasteiger partial charge in [-0.1, -0.05) is 13.8 Å². The van der Waals surface area contributed by atoms with Crippen LogP contribution in [-0.4, -0.2) is 17.4 Å². The molecule has 0 atom stereocenters. The lowest BCUT2D eigenvalue weighted by molar-refractivity contribution is 0.0947. The molecular formula is C10H12F2N2O. The number of pyridine rings is 1. The van der Waals surface area contributed by atoms with Gasteiger partial charge in [0.1, 0.15) is 0 Å². The van der Waals surface area contributed by atoms with E-state index in [1.807, 2.05) is 13.8 Å². The van der Waals surface area contributed by atoms with E-state index in [0.29, 0.717) is 6.54 Å². The molecule has 0 radical (unpaired) electrons. The van der Waals surface area contributed by atoms with Crippen LogP contribution in [0.3, 0.4) is 0 Å². The first-order valence-electron chi connectivity index (χ1n) is 4.60. The van der Waals surface area contributed by atoms with Crippen molar-refractivity contribution in [2.75, 3.05) is 6.54 Å². The Balaban J connectivity index is 2.73. The van der Waals surface area contributed by atoms with Gasteiger partial charge >= 0.3 is 0 Å². The number of hydrogen-bond acceptors (Lipinski definition) is 2. The Hall–Kier alpha value is -1.52. The summed E-state index contributed by atoms with van der Waals surface area (Å²) < 4.78 is 25.3. The standard InChI is InChI=1S/C10H12F2N2O/c1-6(2)5-13-10(15)7-3-8(11)14-9(12)4-7/h3-4,6H,5H2,1-2H3,(H,13,15). The zero-order chi connectivity index (χ0) is 11.4. The van der Waals surface area contributed by atoms with Gasteiger partial charge in [0.2, 0.25) is 11.9 Å². The van der Waals surface area contributed by atoms with Crippen molar-refractivity contribution in [2.24, 2.45) is 5.92 Å². The Kier molecular flexibility index (Phi) is 3.71. The average Bonchev–Trinajstić information content (AvgIpc) is 2.12. The zero-order valence-electron chi connectivity index (χ0n) is 8.55. The maximum absolute atomic E-state index is 12.7. The molecule has 0 saturated carbocycles. The van der Waals surface area contributed by atoms with E-state index in [9.17, 15) is 13.6 Å². The summed E-state index contributed by atoms with van der Waals surface area (Å²) in [6, 6.07) is 1.80. The summed E-state index contributed by atoms with van der Waals surface area (Å²) in [5.41, 5.74) is -0.0550. The van der Waals surface area contributed by atoms with Crippen LogP contribution in [0.15, 0.2) is 12.1 Å². The van der Waals surface area contributed by atoms with Gasteiger partial charge in [-0.25, -0.2) is 0 Å². The summed E-state index contributed by atoms with van der Waals surface area (Å²) in [6.45, 7) is 4.31. The van der Waals surface area contributed by atoms with Gasteiger partial charge in [-0.15, -0.1) is 0 Å². The van der Waals surface area contributed by atoms with Crippen molar-refractivity contribution in [3.63, 3.8) is 0 Å². The number of carbonyl (C=O) groups excluding carboxylic acids is 1. The molecule has 0 saturated heterocycles. The fourth-order valence-electron chi connectivity index (χ4n) is 0.995.